The van der Waals surface area contributed by atoms with Crippen LogP contribution >= 0.6 is 0 Å². The molecule has 1 aliphatic heterocycles. The Morgan fingerprint density at radius 2 is 0.688 bits per heavy atom. The van der Waals surface area contributed by atoms with Gasteiger partial charge in [0, 0.05) is 26.2 Å². The van der Waals surface area contributed by atoms with Crippen molar-refractivity contribution < 1.29 is 19.1 Å². The Labute approximate surface area is 399 Å². The predicted octanol–water partition coefficient (Wildman–Crippen LogP) is 14.1. The Hall–Kier alpha value is -1.22. The average molecular weight is 906 g/mol. The van der Waals surface area contributed by atoms with Gasteiger partial charge in [0.25, 0.3) is 0 Å². The van der Waals surface area contributed by atoms with Gasteiger partial charge in [-0.15, -0.1) is 0 Å². The van der Waals surface area contributed by atoms with Gasteiger partial charge in [0.15, 0.2) is 0 Å². The van der Waals surface area contributed by atoms with Crippen LogP contribution in [0.3, 0.4) is 0 Å². The number of rotatable bonds is 48. The predicted molar refractivity (Wildman–Crippen MR) is 276 cm³/mol. The molecule has 380 valence electrons. The summed E-state index contributed by atoms with van der Waals surface area (Å²) in [5.41, 5.74) is 0. The summed E-state index contributed by atoms with van der Waals surface area (Å²) < 4.78 is 11.8. The minimum atomic E-state index is 0.0747. The molecule has 2 atom stereocenters. The fourth-order valence-electron chi connectivity index (χ4n) is 9.60. The molecule has 8 heteroatoms. The van der Waals surface area contributed by atoms with Crippen molar-refractivity contribution >= 4 is 11.9 Å². The summed E-state index contributed by atoms with van der Waals surface area (Å²) in [5, 5.41) is 0. The first-order valence-electron chi connectivity index (χ1n) is 28.5. The van der Waals surface area contributed by atoms with Gasteiger partial charge in [0.05, 0.1) is 25.0 Å². The second-order valence-corrected chi connectivity index (χ2v) is 20.4. The molecule has 1 fully saturated rings. The van der Waals surface area contributed by atoms with E-state index in [0.29, 0.717) is 13.2 Å². The van der Waals surface area contributed by atoms with Gasteiger partial charge in [0.2, 0.25) is 0 Å². The van der Waals surface area contributed by atoms with Crippen LogP contribution in [0, 0.1) is 11.8 Å². The second-order valence-electron chi connectivity index (χ2n) is 20.4. The van der Waals surface area contributed by atoms with Gasteiger partial charge >= 0.3 is 11.9 Å². The zero-order valence-electron chi connectivity index (χ0n) is 44.1. The topological polar surface area (TPSA) is 65.6 Å². The Bertz CT molecular complexity index is 947. The molecule has 2 unspecified atom stereocenters. The lowest BCUT2D eigenvalue weighted by Crippen LogP contribution is -2.47. The van der Waals surface area contributed by atoms with E-state index in [4.69, 9.17) is 9.47 Å². The molecule has 0 aliphatic carbocycles. The third kappa shape index (κ3) is 36.8. The maximum Gasteiger partial charge on any atom is 0.308 e. The van der Waals surface area contributed by atoms with Crippen LogP contribution in [0.4, 0.5) is 0 Å². The quantitative estimate of drug-likeness (QED) is 0.0442. The normalized spacial score (nSPS) is 14.8. The van der Waals surface area contributed by atoms with Crippen molar-refractivity contribution in [1.29, 1.82) is 0 Å². The fourth-order valence-corrected chi connectivity index (χ4v) is 9.60. The molecule has 0 saturated carbocycles. The molecule has 1 heterocycles. The first-order valence-corrected chi connectivity index (χ1v) is 28.5. The number of nitrogens with zero attached hydrogens (tertiary/aromatic N) is 4. The van der Waals surface area contributed by atoms with E-state index in [2.05, 4.69) is 61.4 Å². The van der Waals surface area contributed by atoms with E-state index >= 15 is 0 Å². The first-order chi connectivity index (χ1) is 31.3. The van der Waals surface area contributed by atoms with Crippen LogP contribution in [0.5, 0.6) is 0 Å². The van der Waals surface area contributed by atoms with E-state index in [1.54, 1.807) is 0 Å². The average Bonchev–Trinajstić information content (AvgIpc) is 3.29. The summed E-state index contributed by atoms with van der Waals surface area (Å²) in [6, 6.07) is 0. The second kappa shape index (κ2) is 45.6. The number of unbranched alkanes of at least 4 members (excludes halogenated alkanes) is 22. The first kappa shape index (κ1) is 60.8. The summed E-state index contributed by atoms with van der Waals surface area (Å²) in [5.74, 6) is 0.345. The Morgan fingerprint density at radius 1 is 0.391 bits per heavy atom. The Kier molecular flexibility index (Phi) is 43.3. The van der Waals surface area contributed by atoms with E-state index in [9.17, 15) is 9.59 Å². The molecule has 8 nitrogen and oxygen atoms in total. The highest BCUT2D eigenvalue weighted by Crippen LogP contribution is 2.22. The number of hydrogen-bond donors (Lipinski definition) is 0. The van der Waals surface area contributed by atoms with Crippen molar-refractivity contribution in [3.63, 3.8) is 0 Å². The number of piperazine rings is 1. The van der Waals surface area contributed by atoms with Crippen LogP contribution in [0.25, 0.3) is 0 Å². The molecule has 0 radical (unpaired) electrons. The zero-order valence-corrected chi connectivity index (χ0v) is 44.1. The number of esters is 2. The van der Waals surface area contributed by atoms with Gasteiger partial charge in [-0.3, -0.25) is 9.59 Å². The minimum absolute atomic E-state index is 0.0747. The molecule has 0 spiro atoms. The lowest BCUT2D eigenvalue weighted by Gasteiger charge is -2.35. The van der Waals surface area contributed by atoms with Crippen LogP contribution in [-0.2, 0) is 19.1 Å². The summed E-state index contributed by atoms with van der Waals surface area (Å²) in [6.45, 7) is 22.1. The lowest BCUT2D eigenvalue weighted by atomic mass is 9.94. The number of hydrogen-bond acceptors (Lipinski definition) is 8. The molecule has 0 N–H and O–H groups in total. The van der Waals surface area contributed by atoms with Crippen molar-refractivity contribution in [2.75, 3.05) is 92.8 Å². The van der Waals surface area contributed by atoms with Gasteiger partial charge in [-0.1, -0.05) is 182 Å². The van der Waals surface area contributed by atoms with Gasteiger partial charge in [-0.25, -0.2) is 0 Å². The lowest BCUT2D eigenvalue weighted by molar-refractivity contribution is -0.150. The van der Waals surface area contributed by atoms with Gasteiger partial charge < -0.3 is 29.1 Å². The minimum Gasteiger partial charge on any atom is -0.465 e. The number of ether oxygens (including phenoxy) is 2. The van der Waals surface area contributed by atoms with E-state index < -0.39 is 0 Å². The molecule has 0 bridgehead atoms. The van der Waals surface area contributed by atoms with E-state index in [1.165, 1.54) is 194 Å². The molecule has 0 amide bonds. The third-order valence-corrected chi connectivity index (χ3v) is 14.0. The number of carbonyl (C=O) groups is 2. The molecule has 1 saturated heterocycles. The van der Waals surface area contributed by atoms with Crippen LogP contribution in [-0.4, -0.2) is 124 Å². The summed E-state index contributed by atoms with van der Waals surface area (Å²) in [7, 11) is 4.35. The van der Waals surface area contributed by atoms with Crippen molar-refractivity contribution in [3.05, 3.63) is 0 Å². The molecule has 0 aromatic rings. The van der Waals surface area contributed by atoms with Crippen molar-refractivity contribution in [3.8, 4) is 0 Å². The highest BCUT2D eigenvalue weighted by molar-refractivity contribution is 5.72. The monoisotopic (exact) mass is 905 g/mol. The van der Waals surface area contributed by atoms with E-state index in [1.807, 2.05) is 0 Å². The van der Waals surface area contributed by atoms with Gasteiger partial charge in [0.1, 0.15) is 0 Å². The third-order valence-electron chi connectivity index (χ3n) is 14.0. The maximum atomic E-state index is 13.1. The molecule has 64 heavy (non-hydrogen) atoms. The Balaban J connectivity index is 2.51. The molecule has 1 rings (SSSR count). The van der Waals surface area contributed by atoms with E-state index in [0.717, 1.165) is 90.1 Å². The number of carbonyl (C=O) groups excluding carboxylic acids is 2. The van der Waals surface area contributed by atoms with Crippen LogP contribution in [0.15, 0.2) is 0 Å². The van der Waals surface area contributed by atoms with Crippen molar-refractivity contribution in [2.24, 2.45) is 11.8 Å². The molecule has 0 aromatic heterocycles. The van der Waals surface area contributed by atoms with Crippen LogP contribution in [0.2, 0.25) is 0 Å². The van der Waals surface area contributed by atoms with Crippen LogP contribution in [0.1, 0.15) is 246 Å². The van der Waals surface area contributed by atoms with Crippen molar-refractivity contribution in [1.82, 2.24) is 19.6 Å². The molecule has 0 aromatic carbocycles. The summed E-state index contributed by atoms with van der Waals surface area (Å²) in [4.78, 5) is 36.7. The van der Waals surface area contributed by atoms with Gasteiger partial charge in [-0.05, 0) is 118 Å². The maximum absolute atomic E-state index is 13.1. The SMILES string of the molecule is CCCCCCCCC(CCCCCC)C(=O)OCCCCCCN(CCCCCCOC(=O)C(CCCCCC)CCCCCCCC)CCCN1CCN(CCCN(C)C)CC1. The fraction of sp³-hybridized carbons (Fsp3) is 0.964. The smallest absolute Gasteiger partial charge is 0.308 e. The van der Waals surface area contributed by atoms with E-state index in [-0.39, 0.29) is 23.8 Å². The Morgan fingerprint density at radius 3 is 1.06 bits per heavy atom. The molecular weight excluding hydrogens is 793 g/mol. The summed E-state index contributed by atoms with van der Waals surface area (Å²) in [6.07, 6.45) is 40.7. The highest BCUT2D eigenvalue weighted by Gasteiger charge is 2.21. The summed E-state index contributed by atoms with van der Waals surface area (Å²) >= 11 is 0. The van der Waals surface area contributed by atoms with Crippen LogP contribution < -0.4 is 0 Å². The highest BCUT2D eigenvalue weighted by atomic mass is 16.5. The largest absolute Gasteiger partial charge is 0.465 e. The molecular formula is C56H112N4O4. The van der Waals surface area contributed by atoms with Gasteiger partial charge in [-0.2, -0.15) is 0 Å². The molecule has 1 aliphatic rings. The zero-order chi connectivity index (χ0) is 46.6. The van der Waals surface area contributed by atoms with Crippen molar-refractivity contribution in [2.45, 2.75) is 246 Å². The standard InChI is InChI=1S/C56H112N4O4/c1-7-11-15-19-21-29-39-53(37-27-17-13-9-3)55(61)63-51-33-25-23-31-42-58(45-36-46-60-49-47-59(48-50-60)44-35-41-57(5)6)43-32-24-26-34-52-64-56(62)54(38-28-18-14-10-4)40-30-22-20-16-12-8-2/h53-54H,7-52H2,1-6H3.